The van der Waals surface area contributed by atoms with Gasteiger partial charge in [-0.2, -0.15) is 0 Å². The van der Waals surface area contributed by atoms with Crippen LogP contribution in [0.15, 0.2) is 54.2 Å². The van der Waals surface area contributed by atoms with Crippen molar-refractivity contribution in [1.82, 2.24) is 9.97 Å². The molecule has 0 bridgehead atoms. The van der Waals surface area contributed by atoms with E-state index in [1.165, 1.54) is 11.3 Å². The number of hydrogen-bond acceptors (Lipinski definition) is 5. The van der Waals surface area contributed by atoms with Crippen molar-refractivity contribution in [3.05, 3.63) is 59.7 Å². The lowest BCUT2D eigenvalue weighted by atomic mass is 9.97. The second kappa shape index (κ2) is 6.45. The molecule has 2 aromatic heterocycles. The van der Waals surface area contributed by atoms with E-state index >= 15 is 0 Å². The number of benzene rings is 1. The molecular weight excluding hydrogens is 336 g/mol. The molecule has 0 radical (unpaired) electrons. The number of anilines is 2. The molecule has 0 saturated heterocycles. The summed E-state index contributed by atoms with van der Waals surface area (Å²) in [5.74, 6) is -0.843. The van der Waals surface area contributed by atoms with Crippen molar-refractivity contribution in [3.8, 4) is 11.3 Å². The third kappa shape index (κ3) is 3.14. The number of carbonyl (C=O) groups is 2. The van der Waals surface area contributed by atoms with Gasteiger partial charge in [-0.15, -0.1) is 11.3 Å². The van der Waals surface area contributed by atoms with Gasteiger partial charge in [-0.25, -0.2) is 4.98 Å². The van der Waals surface area contributed by atoms with Crippen molar-refractivity contribution in [2.75, 3.05) is 10.6 Å². The maximum Gasteiger partial charge on any atom is 0.232 e. The normalized spacial score (nSPS) is 15.5. The van der Waals surface area contributed by atoms with Crippen molar-refractivity contribution in [2.45, 2.75) is 12.3 Å². The molecule has 1 aliphatic rings. The van der Waals surface area contributed by atoms with Crippen LogP contribution in [0, 0.1) is 0 Å². The molecule has 2 amide bonds. The van der Waals surface area contributed by atoms with Crippen LogP contribution in [0.3, 0.4) is 0 Å². The lowest BCUT2D eigenvalue weighted by Gasteiger charge is -2.08. The van der Waals surface area contributed by atoms with Crippen LogP contribution in [-0.2, 0) is 9.59 Å². The SMILES string of the molecule is O=C(CC1C(=O)Nc2ccccc21)Nc1nc(-c2cccnc2)cs1. The minimum Gasteiger partial charge on any atom is -0.325 e. The highest BCUT2D eigenvalue weighted by molar-refractivity contribution is 7.14. The van der Waals surface area contributed by atoms with Crippen LogP contribution < -0.4 is 10.6 Å². The van der Waals surface area contributed by atoms with Crippen LogP contribution in [0.5, 0.6) is 0 Å². The fraction of sp³-hybridized carbons (Fsp3) is 0.111. The molecule has 0 saturated carbocycles. The van der Waals surface area contributed by atoms with Crippen LogP contribution >= 0.6 is 11.3 Å². The summed E-state index contributed by atoms with van der Waals surface area (Å²) < 4.78 is 0. The Kier molecular flexibility index (Phi) is 3.99. The largest absolute Gasteiger partial charge is 0.325 e. The van der Waals surface area contributed by atoms with Crippen molar-refractivity contribution in [1.29, 1.82) is 0 Å². The number of hydrogen-bond donors (Lipinski definition) is 2. The summed E-state index contributed by atoms with van der Waals surface area (Å²) in [5, 5.41) is 7.96. The number of para-hydroxylation sites is 1. The van der Waals surface area contributed by atoms with Crippen LogP contribution in [0.2, 0.25) is 0 Å². The van der Waals surface area contributed by atoms with Crippen LogP contribution in [-0.4, -0.2) is 21.8 Å². The van der Waals surface area contributed by atoms with E-state index in [0.29, 0.717) is 5.13 Å². The Labute approximate surface area is 148 Å². The first-order chi connectivity index (χ1) is 12.2. The van der Waals surface area contributed by atoms with Gasteiger partial charge in [0.25, 0.3) is 0 Å². The Morgan fingerprint density at radius 2 is 2.12 bits per heavy atom. The highest BCUT2D eigenvalue weighted by Gasteiger charge is 2.32. The summed E-state index contributed by atoms with van der Waals surface area (Å²) >= 11 is 1.35. The molecule has 4 rings (SSSR count). The number of carbonyl (C=O) groups excluding carboxylic acids is 2. The second-order valence-corrected chi connectivity index (χ2v) is 6.52. The molecule has 1 unspecified atom stereocenters. The van der Waals surface area contributed by atoms with Gasteiger partial charge in [-0.05, 0) is 23.8 Å². The zero-order valence-electron chi connectivity index (χ0n) is 13.1. The summed E-state index contributed by atoms with van der Waals surface area (Å²) in [6, 6.07) is 11.2. The molecular formula is C18H14N4O2S. The Balaban J connectivity index is 1.45. The van der Waals surface area contributed by atoms with Crippen molar-refractivity contribution in [2.24, 2.45) is 0 Å². The van der Waals surface area contributed by atoms with Crippen molar-refractivity contribution >= 4 is 34.0 Å². The Bertz CT molecular complexity index is 939. The van der Waals surface area contributed by atoms with E-state index in [4.69, 9.17) is 0 Å². The van der Waals surface area contributed by atoms with Crippen LogP contribution in [0.4, 0.5) is 10.8 Å². The molecule has 7 heteroatoms. The maximum absolute atomic E-state index is 12.3. The van der Waals surface area contributed by atoms with Gasteiger partial charge in [-0.1, -0.05) is 18.2 Å². The summed E-state index contributed by atoms with van der Waals surface area (Å²) in [7, 11) is 0. The summed E-state index contributed by atoms with van der Waals surface area (Å²) in [5.41, 5.74) is 3.29. The molecule has 6 nitrogen and oxygen atoms in total. The number of rotatable bonds is 4. The van der Waals surface area contributed by atoms with Gasteiger partial charge in [0, 0.05) is 35.4 Å². The van der Waals surface area contributed by atoms with E-state index in [1.807, 2.05) is 41.8 Å². The average molecular weight is 350 g/mol. The predicted molar refractivity (Wildman–Crippen MR) is 96.4 cm³/mol. The van der Waals surface area contributed by atoms with Crippen molar-refractivity contribution < 1.29 is 9.59 Å². The first-order valence-electron chi connectivity index (χ1n) is 7.76. The minimum absolute atomic E-state index is 0.0879. The lowest BCUT2D eigenvalue weighted by Crippen LogP contribution is -2.20. The van der Waals surface area contributed by atoms with E-state index in [-0.39, 0.29) is 18.2 Å². The zero-order valence-corrected chi connectivity index (χ0v) is 13.9. The molecule has 25 heavy (non-hydrogen) atoms. The quantitative estimate of drug-likeness (QED) is 0.756. The third-order valence-corrected chi connectivity index (χ3v) is 4.77. The molecule has 3 heterocycles. The predicted octanol–water partition coefficient (Wildman–Crippen LogP) is 3.27. The van der Waals surface area contributed by atoms with Gasteiger partial charge in [0.05, 0.1) is 11.6 Å². The number of fused-ring (bicyclic) bond motifs is 1. The number of amides is 2. The van der Waals surface area contributed by atoms with Gasteiger partial charge in [-0.3, -0.25) is 14.6 Å². The first-order valence-corrected chi connectivity index (χ1v) is 8.64. The smallest absolute Gasteiger partial charge is 0.232 e. The molecule has 0 fully saturated rings. The minimum atomic E-state index is -0.464. The van der Waals surface area contributed by atoms with E-state index in [9.17, 15) is 9.59 Å². The first kappa shape index (κ1) is 15.5. The molecule has 3 aromatic rings. The number of aromatic nitrogens is 2. The Morgan fingerprint density at radius 1 is 1.24 bits per heavy atom. The van der Waals surface area contributed by atoms with Crippen LogP contribution in [0.1, 0.15) is 17.9 Å². The molecule has 1 aliphatic heterocycles. The van der Waals surface area contributed by atoms with Gasteiger partial charge < -0.3 is 10.6 Å². The van der Waals surface area contributed by atoms with Crippen LogP contribution in [0.25, 0.3) is 11.3 Å². The van der Waals surface area contributed by atoms with Gasteiger partial charge in [0.15, 0.2) is 5.13 Å². The fourth-order valence-corrected chi connectivity index (χ4v) is 3.55. The van der Waals surface area contributed by atoms with Gasteiger partial charge in [0.1, 0.15) is 0 Å². The highest BCUT2D eigenvalue weighted by Crippen LogP contribution is 2.34. The molecule has 124 valence electrons. The number of pyridine rings is 1. The topological polar surface area (TPSA) is 84.0 Å². The van der Waals surface area contributed by atoms with Gasteiger partial charge >= 0.3 is 0 Å². The monoisotopic (exact) mass is 350 g/mol. The third-order valence-electron chi connectivity index (χ3n) is 4.01. The zero-order chi connectivity index (χ0) is 17.2. The van der Waals surface area contributed by atoms with Crippen molar-refractivity contribution in [3.63, 3.8) is 0 Å². The highest BCUT2D eigenvalue weighted by atomic mass is 32.1. The van der Waals surface area contributed by atoms with Gasteiger partial charge in [0.2, 0.25) is 11.8 Å². The number of thiazole rings is 1. The molecule has 1 aromatic carbocycles. The Morgan fingerprint density at radius 3 is 2.96 bits per heavy atom. The second-order valence-electron chi connectivity index (χ2n) is 5.66. The van der Waals surface area contributed by atoms with E-state index < -0.39 is 5.92 Å². The molecule has 1 atom stereocenters. The average Bonchev–Trinajstić information content (AvgIpc) is 3.21. The van der Waals surface area contributed by atoms with E-state index in [0.717, 1.165) is 22.5 Å². The molecule has 2 N–H and O–H groups in total. The fourth-order valence-electron chi connectivity index (χ4n) is 2.81. The lowest BCUT2D eigenvalue weighted by molar-refractivity contribution is -0.122. The number of nitrogens with zero attached hydrogens (tertiary/aromatic N) is 2. The number of nitrogens with one attached hydrogen (secondary N) is 2. The summed E-state index contributed by atoms with van der Waals surface area (Å²) in [6.45, 7) is 0. The van der Waals surface area contributed by atoms with E-state index in [2.05, 4.69) is 20.6 Å². The standard InChI is InChI=1S/C18H14N4O2S/c23-16(8-13-12-5-1-2-6-14(12)20-17(13)24)22-18-21-15(10-25-18)11-4-3-7-19-9-11/h1-7,9-10,13H,8H2,(H,20,24)(H,21,22,23). The summed E-state index contributed by atoms with van der Waals surface area (Å²) in [4.78, 5) is 32.9. The maximum atomic E-state index is 12.3. The van der Waals surface area contributed by atoms with E-state index in [1.54, 1.807) is 12.4 Å². The summed E-state index contributed by atoms with van der Waals surface area (Å²) in [6.07, 6.45) is 3.51. The molecule has 0 spiro atoms. The molecule has 0 aliphatic carbocycles. The Hall–Kier alpha value is -3.06.